The molecule has 40 heavy (non-hydrogen) atoms. The molecule has 1 aromatic heterocycles. The van der Waals surface area contributed by atoms with Crippen LogP contribution in [0.4, 0.5) is 14.6 Å². The molecule has 0 bridgehead atoms. The van der Waals surface area contributed by atoms with Crippen LogP contribution in [-0.4, -0.2) is 48.6 Å². The number of nitrogens with one attached hydrogen (secondary N) is 2. The van der Waals surface area contributed by atoms with E-state index >= 15 is 0 Å². The maximum atomic E-state index is 12.9. The molecular weight excluding hydrogens is 538 g/mol. The number of carbonyl (C=O) groups is 3. The number of fused-ring (bicyclic) bond motifs is 1. The molecule has 0 aliphatic heterocycles. The minimum absolute atomic E-state index is 0.0619. The van der Waals surface area contributed by atoms with Crippen molar-refractivity contribution in [2.24, 2.45) is 0 Å². The molecule has 3 rings (SSSR count). The highest BCUT2D eigenvalue weighted by atomic mass is 35.5. The number of amides is 2. The third kappa shape index (κ3) is 15.2. The van der Waals surface area contributed by atoms with Crippen LogP contribution in [0.15, 0.2) is 48.7 Å². The Kier molecular flexibility index (Phi) is 19.6. The van der Waals surface area contributed by atoms with E-state index in [1.165, 1.54) is 57.7 Å². The molecule has 1 atom stereocenters. The van der Waals surface area contributed by atoms with E-state index in [2.05, 4.69) is 48.5 Å². The van der Waals surface area contributed by atoms with Crippen LogP contribution in [0.5, 0.6) is 0 Å². The van der Waals surface area contributed by atoms with Crippen LogP contribution in [0.1, 0.15) is 58.9 Å². The second-order valence-electron chi connectivity index (χ2n) is 8.86. The molecule has 0 saturated carbocycles. The number of pyridine rings is 1. The number of unbranched alkanes of at least 4 members (excludes halogenated alkanes) is 1. The largest absolute Gasteiger partial charge is 0.355 e. The molecular formula is C30H41ClF2N4O3. The summed E-state index contributed by atoms with van der Waals surface area (Å²) in [5, 5.41) is 6.56. The van der Waals surface area contributed by atoms with Crippen LogP contribution in [-0.2, 0) is 20.9 Å². The summed E-state index contributed by atoms with van der Waals surface area (Å²) in [6, 6.07) is 11.3. The Morgan fingerprint density at radius 3 is 2.33 bits per heavy atom. The Bertz CT molecular complexity index is 1180. The molecule has 2 aromatic carbocycles. The van der Waals surface area contributed by atoms with E-state index in [1.807, 2.05) is 0 Å². The van der Waals surface area contributed by atoms with Crippen LogP contribution in [0, 0.1) is 11.6 Å². The van der Waals surface area contributed by atoms with Crippen molar-refractivity contribution in [2.75, 3.05) is 19.4 Å². The second-order valence-corrected chi connectivity index (χ2v) is 9.24. The van der Waals surface area contributed by atoms with Gasteiger partial charge in [-0.05, 0) is 75.1 Å². The number of rotatable bonds is 9. The van der Waals surface area contributed by atoms with Gasteiger partial charge in [0, 0.05) is 31.1 Å². The Morgan fingerprint density at radius 1 is 1.10 bits per heavy atom. The minimum Gasteiger partial charge on any atom is -0.355 e. The quantitative estimate of drug-likeness (QED) is 0.273. The minimum atomic E-state index is -0.470. The zero-order valence-corrected chi connectivity index (χ0v) is 24.9. The summed E-state index contributed by atoms with van der Waals surface area (Å²) in [6.07, 6.45) is 8.23. The lowest BCUT2D eigenvalue weighted by molar-refractivity contribution is -0.114. The summed E-state index contributed by atoms with van der Waals surface area (Å²) in [6.45, 7) is 7.61. The Balaban J connectivity index is 0.000000555. The van der Waals surface area contributed by atoms with E-state index < -0.39 is 5.82 Å². The van der Waals surface area contributed by atoms with Gasteiger partial charge in [-0.2, -0.15) is 0 Å². The van der Waals surface area contributed by atoms with E-state index in [-0.39, 0.29) is 23.3 Å². The van der Waals surface area contributed by atoms with Crippen molar-refractivity contribution in [3.05, 3.63) is 70.9 Å². The van der Waals surface area contributed by atoms with Gasteiger partial charge in [-0.25, -0.2) is 13.8 Å². The van der Waals surface area contributed by atoms with Crippen molar-refractivity contribution in [1.29, 1.82) is 0 Å². The van der Waals surface area contributed by atoms with E-state index in [0.717, 1.165) is 17.7 Å². The standard InChI is InChI=1S/C11H9FN2O.C9H21N.C8H7ClFNO.C2H4O/c1-7(15)14-11-5-9-4-10(12)3-2-8(9)6-13-11;1-5-7-8-9(6-2)10(3)4;9-8-6(4-11-5-12)2-1-3-7(8)10;1-2-3/h2-6H,1H3,(H,13,14,15);9H,5-8H2,1-4H3;1-3,5H,4H2,(H,11,12);2H,1H3. The Labute approximate surface area is 241 Å². The van der Waals surface area contributed by atoms with Crippen molar-refractivity contribution in [2.45, 2.75) is 66.0 Å². The number of anilines is 1. The highest BCUT2D eigenvalue weighted by Crippen LogP contribution is 2.19. The van der Waals surface area contributed by atoms with Gasteiger partial charge in [0.05, 0.1) is 5.02 Å². The second kappa shape index (κ2) is 21.4. The first-order valence-electron chi connectivity index (χ1n) is 13.0. The average molecular weight is 579 g/mol. The van der Waals surface area contributed by atoms with Gasteiger partial charge >= 0.3 is 0 Å². The molecule has 0 aliphatic carbocycles. The molecule has 2 amide bonds. The van der Waals surface area contributed by atoms with Gasteiger partial charge in [0.2, 0.25) is 12.3 Å². The first-order chi connectivity index (χ1) is 19.0. The van der Waals surface area contributed by atoms with E-state index in [9.17, 15) is 18.4 Å². The molecule has 0 spiro atoms. The maximum absolute atomic E-state index is 12.9. The van der Waals surface area contributed by atoms with Crippen LogP contribution >= 0.6 is 11.6 Å². The van der Waals surface area contributed by atoms with E-state index in [1.54, 1.807) is 30.5 Å². The zero-order valence-electron chi connectivity index (χ0n) is 24.1. The fraction of sp³-hybridized carbons (Fsp3) is 0.400. The predicted octanol–water partition coefficient (Wildman–Crippen LogP) is 6.78. The normalized spacial score (nSPS) is 10.6. The monoisotopic (exact) mass is 578 g/mol. The molecule has 1 unspecified atom stereocenters. The number of halogens is 3. The summed E-state index contributed by atoms with van der Waals surface area (Å²) >= 11 is 5.60. The fourth-order valence-corrected chi connectivity index (χ4v) is 3.66. The first-order valence-corrected chi connectivity index (χ1v) is 13.4. The van der Waals surface area contributed by atoms with Crippen LogP contribution in [0.25, 0.3) is 10.8 Å². The summed E-state index contributed by atoms with van der Waals surface area (Å²) in [4.78, 5) is 35.9. The molecule has 220 valence electrons. The zero-order chi connectivity index (χ0) is 30.5. The van der Waals surface area contributed by atoms with Crippen molar-refractivity contribution in [3.8, 4) is 0 Å². The molecule has 10 heteroatoms. The van der Waals surface area contributed by atoms with Crippen LogP contribution in [0.3, 0.4) is 0 Å². The number of benzene rings is 2. The molecule has 3 aromatic rings. The summed E-state index contributed by atoms with van der Waals surface area (Å²) in [5.41, 5.74) is 0.573. The molecule has 0 saturated heterocycles. The van der Waals surface area contributed by atoms with Gasteiger partial charge in [0.25, 0.3) is 0 Å². The number of hydrogen-bond donors (Lipinski definition) is 2. The lowest BCUT2D eigenvalue weighted by atomic mass is 10.1. The third-order valence-electron chi connectivity index (χ3n) is 5.49. The van der Waals surface area contributed by atoms with Crippen molar-refractivity contribution in [1.82, 2.24) is 15.2 Å². The third-order valence-corrected chi connectivity index (χ3v) is 5.91. The maximum Gasteiger partial charge on any atom is 0.222 e. The van der Waals surface area contributed by atoms with Gasteiger partial charge in [0.15, 0.2) is 0 Å². The van der Waals surface area contributed by atoms with E-state index in [4.69, 9.17) is 16.4 Å². The fourth-order valence-electron chi connectivity index (χ4n) is 3.46. The molecule has 1 heterocycles. The predicted molar refractivity (Wildman–Crippen MR) is 159 cm³/mol. The van der Waals surface area contributed by atoms with Gasteiger partial charge in [0.1, 0.15) is 23.7 Å². The SMILES string of the molecule is CC(=O)Nc1cc2cc(F)ccc2cn1.CC=O.CCCCC(CC)N(C)C.O=CNCc1cccc(F)c1Cl. The highest BCUT2D eigenvalue weighted by molar-refractivity contribution is 6.31. The van der Waals surface area contributed by atoms with Crippen LogP contribution < -0.4 is 10.6 Å². The Morgan fingerprint density at radius 2 is 1.77 bits per heavy atom. The lowest BCUT2D eigenvalue weighted by Gasteiger charge is -2.22. The summed E-state index contributed by atoms with van der Waals surface area (Å²) in [5.74, 6) is -0.539. The summed E-state index contributed by atoms with van der Waals surface area (Å²) in [7, 11) is 4.34. The number of hydrogen-bond acceptors (Lipinski definition) is 5. The molecule has 0 radical (unpaired) electrons. The van der Waals surface area contributed by atoms with Gasteiger partial charge in [-0.15, -0.1) is 0 Å². The topological polar surface area (TPSA) is 91.4 Å². The number of aromatic nitrogens is 1. The lowest BCUT2D eigenvalue weighted by Crippen LogP contribution is -2.26. The van der Waals surface area contributed by atoms with E-state index in [0.29, 0.717) is 23.2 Å². The Hall–Kier alpha value is -3.43. The summed E-state index contributed by atoms with van der Waals surface area (Å²) < 4.78 is 25.7. The molecule has 0 fully saturated rings. The highest BCUT2D eigenvalue weighted by Gasteiger charge is 2.06. The molecule has 2 N–H and O–H groups in total. The number of carbonyl (C=O) groups excluding carboxylic acids is 3. The molecule has 0 aliphatic rings. The van der Waals surface area contributed by atoms with Gasteiger partial charge in [-0.3, -0.25) is 9.59 Å². The average Bonchev–Trinajstić information content (AvgIpc) is 2.90. The van der Waals surface area contributed by atoms with Crippen molar-refractivity contribution in [3.63, 3.8) is 0 Å². The van der Waals surface area contributed by atoms with Gasteiger partial charge < -0.3 is 20.3 Å². The smallest absolute Gasteiger partial charge is 0.222 e. The first kappa shape index (κ1) is 36.6. The number of nitrogens with zero attached hydrogens (tertiary/aromatic N) is 2. The van der Waals surface area contributed by atoms with Crippen molar-refractivity contribution < 1.29 is 23.2 Å². The van der Waals surface area contributed by atoms with Crippen molar-refractivity contribution >= 4 is 46.8 Å². The van der Waals surface area contributed by atoms with Crippen LogP contribution in [0.2, 0.25) is 5.02 Å². The molecule has 7 nitrogen and oxygen atoms in total. The number of aldehydes is 1. The van der Waals surface area contributed by atoms with Gasteiger partial charge in [-0.1, -0.05) is 50.4 Å².